The molecule has 5 nitrogen and oxygen atoms in total. The molecule has 0 aromatic heterocycles. The van der Waals surface area contributed by atoms with Gasteiger partial charge in [0.15, 0.2) is 0 Å². The average molecular weight is 332 g/mol. The van der Waals surface area contributed by atoms with Crippen LogP contribution in [0.15, 0.2) is 52.5 Å². The monoisotopic (exact) mass is 332 g/mol. The molecule has 2 aromatic carbocycles. The Morgan fingerprint density at radius 3 is 2.26 bits per heavy atom. The van der Waals surface area contributed by atoms with E-state index in [4.69, 9.17) is 4.74 Å². The fraction of sp³-hybridized carbons (Fsp3) is 0.235. The lowest BCUT2D eigenvalue weighted by molar-refractivity contribution is 0.414. The predicted octanol–water partition coefficient (Wildman–Crippen LogP) is 3.01. The Labute approximate surface area is 137 Å². The first-order valence-electron chi connectivity index (χ1n) is 7.11. The summed E-state index contributed by atoms with van der Waals surface area (Å²) >= 11 is 0. The Kier molecular flexibility index (Phi) is 5.05. The van der Waals surface area contributed by atoms with Crippen molar-refractivity contribution < 1.29 is 13.2 Å². The zero-order chi connectivity index (χ0) is 17.0. The van der Waals surface area contributed by atoms with Gasteiger partial charge in [0.05, 0.1) is 17.7 Å². The van der Waals surface area contributed by atoms with E-state index in [0.29, 0.717) is 11.5 Å². The summed E-state index contributed by atoms with van der Waals surface area (Å²) in [6.45, 7) is 5.58. The van der Waals surface area contributed by atoms with Gasteiger partial charge in [-0.3, -0.25) is 0 Å². The predicted molar refractivity (Wildman–Crippen MR) is 91.4 cm³/mol. The molecule has 0 atom stereocenters. The highest BCUT2D eigenvalue weighted by Crippen LogP contribution is 2.20. The number of hydrogen-bond acceptors (Lipinski definition) is 4. The van der Waals surface area contributed by atoms with Gasteiger partial charge in [0.1, 0.15) is 5.75 Å². The summed E-state index contributed by atoms with van der Waals surface area (Å²) in [6, 6.07) is 12.2. The first-order chi connectivity index (χ1) is 10.8. The topological polar surface area (TPSA) is 67.8 Å². The van der Waals surface area contributed by atoms with Gasteiger partial charge in [-0.05, 0) is 45.0 Å². The minimum Gasteiger partial charge on any atom is -0.496 e. The maximum atomic E-state index is 12.3. The lowest BCUT2D eigenvalue weighted by Crippen LogP contribution is -2.20. The summed E-state index contributed by atoms with van der Waals surface area (Å²) in [7, 11) is -2.12. The van der Waals surface area contributed by atoms with Crippen molar-refractivity contribution in [2.75, 3.05) is 7.11 Å². The fourth-order valence-electron chi connectivity index (χ4n) is 2.06. The molecule has 0 fully saturated rings. The van der Waals surface area contributed by atoms with Crippen molar-refractivity contribution in [3.05, 3.63) is 59.2 Å². The number of methoxy groups -OCH3 is 1. The number of nitrogens with zero attached hydrogens (tertiary/aromatic N) is 1. The molecular weight excluding hydrogens is 312 g/mol. The highest BCUT2D eigenvalue weighted by Gasteiger charge is 2.13. The van der Waals surface area contributed by atoms with E-state index >= 15 is 0 Å². The summed E-state index contributed by atoms with van der Waals surface area (Å²) < 4.78 is 29.8. The molecular formula is C17H20N2O3S. The molecule has 0 saturated carbocycles. The first-order valence-corrected chi connectivity index (χ1v) is 8.59. The van der Waals surface area contributed by atoms with Crippen LogP contribution in [-0.4, -0.2) is 21.2 Å². The summed E-state index contributed by atoms with van der Waals surface area (Å²) in [6.07, 6.45) is 0. The molecule has 0 amide bonds. The minimum atomic E-state index is -3.69. The third-order valence-electron chi connectivity index (χ3n) is 3.41. The van der Waals surface area contributed by atoms with E-state index in [0.717, 1.165) is 16.7 Å². The summed E-state index contributed by atoms with van der Waals surface area (Å²) in [5, 5.41) is 4.01. The summed E-state index contributed by atoms with van der Waals surface area (Å²) in [5.74, 6) is 0.645. The van der Waals surface area contributed by atoms with E-state index in [9.17, 15) is 8.42 Å². The van der Waals surface area contributed by atoms with Gasteiger partial charge in [0.2, 0.25) is 0 Å². The quantitative estimate of drug-likeness (QED) is 0.676. The second-order valence-corrected chi connectivity index (χ2v) is 6.97. The Morgan fingerprint density at radius 1 is 1.04 bits per heavy atom. The highest BCUT2D eigenvalue weighted by molar-refractivity contribution is 7.89. The molecule has 1 N–H and O–H groups in total. The van der Waals surface area contributed by atoms with Crippen LogP contribution in [0.2, 0.25) is 0 Å². The molecule has 0 radical (unpaired) electrons. The van der Waals surface area contributed by atoms with Crippen molar-refractivity contribution in [1.29, 1.82) is 0 Å². The Bertz CT molecular complexity index is 825. The van der Waals surface area contributed by atoms with Crippen LogP contribution in [0, 0.1) is 13.8 Å². The van der Waals surface area contributed by atoms with E-state index < -0.39 is 10.0 Å². The molecule has 0 heterocycles. The normalized spacial score (nSPS) is 12.1. The van der Waals surface area contributed by atoms with E-state index in [1.54, 1.807) is 38.3 Å². The largest absolute Gasteiger partial charge is 0.496 e. The summed E-state index contributed by atoms with van der Waals surface area (Å²) in [5.41, 5.74) is 3.31. The van der Waals surface area contributed by atoms with Crippen molar-refractivity contribution in [3.8, 4) is 5.75 Å². The highest BCUT2D eigenvalue weighted by atomic mass is 32.2. The van der Waals surface area contributed by atoms with Crippen molar-refractivity contribution in [2.45, 2.75) is 25.7 Å². The molecule has 0 aliphatic carbocycles. The van der Waals surface area contributed by atoms with Crippen LogP contribution in [-0.2, 0) is 10.0 Å². The van der Waals surface area contributed by atoms with Gasteiger partial charge in [0.25, 0.3) is 10.0 Å². The number of benzene rings is 2. The molecule has 2 rings (SSSR count). The van der Waals surface area contributed by atoms with Gasteiger partial charge < -0.3 is 4.74 Å². The van der Waals surface area contributed by atoms with Crippen LogP contribution >= 0.6 is 0 Å². The Morgan fingerprint density at radius 2 is 1.65 bits per heavy atom. The van der Waals surface area contributed by atoms with Gasteiger partial charge in [0, 0.05) is 5.56 Å². The fourth-order valence-corrected chi connectivity index (χ4v) is 2.92. The molecule has 0 bridgehead atoms. The molecule has 0 spiro atoms. The van der Waals surface area contributed by atoms with E-state index in [2.05, 4.69) is 9.93 Å². The molecule has 122 valence electrons. The maximum Gasteiger partial charge on any atom is 0.276 e. The molecule has 0 unspecified atom stereocenters. The lowest BCUT2D eigenvalue weighted by Gasteiger charge is -2.10. The molecule has 0 aliphatic rings. The number of ether oxygens (including phenoxy) is 1. The second kappa shape index (κ2) is 6.83. The van der Waals surface area contributed by atoms with Crippen LogP contribution in [0.25, 0.3) is 0 Å². The SMILES string of the molecule is COc1ccc(C)cc1/C(C)=N\NS(=O)(=O)c1ccc(C)cc1. The van der Waals surface area contributed by atoms with Gasteiger partial charge >= 0.3 is 0 Å². The zero-order valence-corrected chi connectivity index (χ0v) is 14.4. The Hall–Kier alpha value is -2.34. The average Bonchev–Trinajstić information content (AvgIpc) is 2.53. The second-order valence-electron chi connectivity index (χ2n) is 5.31. The number of hydrazone groups is 1. The van der Waals surface area contributed by atoms with Crippen molar-refractivity contribution >= 4 is 15.7 Å². The summed E-state index contributed by atoms with van der Waals surface area (Å²) in [4.78, 5) is 2.45. The molecule has 6 heteroatoms. The maximum absolute atomic E-state index is 12.3. The van der Waals surface area contributed by atoms with E-state index in [1.165, 1.54) is 0 Å². The van der Waals surface area contributed by atoms with Crippen molar-refractivity contribution in [2.24, 2.45) is 5.10 Å². The number of nitrogens with one attached hydrogen (secondary N) is 1. The molecule has 2 aromatic rings. The molecule has 0 saturated heterocycles. The third kappa shape index (κ3) is 4.10. The number of sulfonamides is 1. The standard InChI is InChI=1S/C17H20N2O3S/c1-12-5-8-15(9-6-12)23(20,21)19-18-14(3)16-11-13(2)7-10-17(16)22-4/h5-11,19H,1-4H3/b18-14-. The van der Waals surface area contributed by atoms with Gasteiger partial charge in [-0.2, -0.15) is 18.4 Å². The van der Waals surface area contributed by atoms with E-state index in [-0.39, 0.29) is 4.90 Å². The molecule has 0 aliphatic heterocycles. The van der Waals surface area contributed by atoms with Crippen LogP contribution in [0.5, 0.6) is 5.75 Å². The van der Waals surface area contributed by atoms with E-state index in [1.807, 2.05) is 32.0 Å². The van der Waals surface area contributed by atoms with Crippen LogP contribution in [0.1, 0.15) is 23.6 Å². The van der Waals surface area contributed by atoms with Crippen LogP contribution in [0.3, 0.4) is 0 Å². The van der Waals surface area contributed by atoms with Crippen LogP contribution < -0.4 is 9.57 Å². The minimum absolute atomic E-state index is 0.177. The molecule has 23 heavy (non-hydrogen) atoms. The van der Waals surface area contributed by atoms with Crippen LogP contribution in [0.4, 0.5) is 0 Å². The van der Waals surface area contributed by atoms with Gasteiger partial charge in [-0.15, -0.1) is 0 Å². The lowest BCUT2D eigenvalue weighted by atomic mass is 10.1. The smallest absolute Gasteiger partial charge is 0.276 e. The number of rotatable bonds is 5. The van der Waals surface area contributed by atoms with Gasteiger partial charge in [-0.1, -0.05) is 29.3 Å². The number of hydrogen-bond donors (Lipinski definition) is 1. The Balaban J connectivity index is 2.28. The number of aryl methyl sites for hydroxylation is 2. The van der Waals surface area contributed by atoms with Crippen molar-refractivity contribution in [1.82, 2.24) is 4.83 Å². The van der Waals surface area contributed by atoms with Gasteiger partial charge in [-0.25, -0.2) is 0 Å². The first kappa shape index (κ1) is 17.0. The van der Waals surface area contributed by atoms with Crippen molar-refractivity contribution in [3.63, 3.8) is 0 Å². The third-order valence-corrected chi connectivity index (χ3v) is 4.63. The zero-order valence-electron chi connectivity index (χ0n) is 13.6.